The molecule has 0 saturated carbocycles. The van der Waals surface area contributed by atoms with Crippen molar-refractivity contribution in [1.29, 1.82) is 0 Å². The van der Waals surface area contributed by atoms with Crippen molar-refractivity contribution >= 4 is 40.3 Å². The summed E-state index contributed by atoms with van der Waals surface area (Å²) in [6.07, 6.45) is 0. The number of rotatable bonds is 6. The van der Waals surface area contributed by atoms with Gasteiger partial charge in [-0.3, -0.25) is 9.59 Å². The van der Waals surface area contributed by atoms with Gasteiger partial charge in [-0.05, 0) is 37.4 Å². The van der Waals surface area contributed by atoms with Crippen molar-refractivity contribution in [1.82, 2.24) is 5.32 Å². The van der Waals surface area contributed by atoms with Crippen molar-refractivity contribution in [2.75, 3.05) is 6.61 Å². The first-order chi connectivity index (χ1) is 10.5. The number of carbonyl (C=O) groups excluding carboxylic acids is 3. The Morgan fingerprint density at radius 3 is 2.55 bits per heavy atom. The van der Waals surface area contributed by atoms with E-state index in [1.807, 2.05) is 24.4 Å². The summed E-state index contributed by atoms with van der Waals surface area (Å²) in [6, 6.07) is 6.80. The minimum absolute atomic E-state index is 0.105. The molecular weight excluding hydrogens is 322 g/mol. The van der Waals surface area contributed by atoms with E-state index in [0.29, 0.717) is 9.75 Å². The second-order valence-electron chi connectivity index (χ2n) is 4.60. The Bertz CT molecular complexity index is 676. The van der Waals surface area contributed by atoms with Crippen molar-refractivity contribution in [3.05, 3.63) is 44.3 Å². The fourth-order valence-corrected chi connectivity index (χ4v) is 3.26. The minimum atomic E-state index is -0.601. The van der Waals surface area contributed by atoms with Crippen LogP contribution < -0.4 is 5.32 Å². The Hall–Kier alpha value is -1.99. The summed E-state index contributed by atoms with van der Waals surface area (Å²) in [5, 5.41) is 4.69. The number of ether oxygens (including phenoxy) is 1. The first-order valence-corrected chi connectivity index (χ1v) is 8.27. The number of hydrogen-bond acceptors (Lipinski definition) is 6. The van der Waals surface area contributed by atoms with Gasteiger partial charge in [0, 0.05) is 4.88 Å². The lowest BCUT2D eigenvalue weighted by molar-refractivity contribution is -0.124. The van der Waals surface area contributed by atoms with Gasteiger partial charge in [0.15, 0.2) is 12.4 Å². The van der Waals surface area contributed by atoms with E-state index in [4.69, 9.17) is 4.74 Å². The fourth-order valence-electron chi connectivity index (χ4n) is 1.73. The number of hydrogen-bond donors (Lipinski definition) is 1. The molecule has 0 aliphatic carbocycles. The summed E-state index contributed by atoms with van der Waals surface area (Å²) >= 11 is 2.61. The van der Waals surface area contributed by atoms with Gasteiger partial charge in [-0.2, -0.15) is 0 Å². The summed E-state index contributed by atoms with van der Waals surface area (Å²) in [5.74, 6) is -1.07. The molecule has 2 aromatic heterocycles. The number of esters is 1. The van der Waals surface area contributed by atoms with E-state index in [1.54, 1.807) is 17.4 Å². The predicted octanol–water partition coefficient (Wildman–Crippen LogP) is 3.05. The number of thiophene rings is 2. The average molecular weight is 337 g/mol. The zero-order chi connectivity index (χ0) is 16.1. The molecule has 116 valence electrons. The smallest absolute Gasteiger partial charge is 0.348 e. The lowest BCUT2D eigenvalue weighted by atomic mass is 10.3. The van der Waals surface area contributed by atoms with Crippen molar-refractivity contribution in [2.24, 2.45) is 0 Å². The van der Waals surface area contributed by atoms with Gasteiger partial charge in [-0.25, -0.2) is 4.79 Å². The van der Waals surface area contributed by atoms with E-state index in [0.717, 1.165) is 16.2 Å². The van der Waals surface area contributed by atoms with Crippen LogP contribution in [-0.2, 0) is 9.53 Å². The standard InChI is InChI=1S/C15H15NO4S2/c1-9(11-4-3-7-21-11)16-14(18)8-20-15(19)13-6-5-12(22-13)10(2)17/h3-7,9H,8H2,1-2H3,(H,16,18). The van der Waals surface area contributed by atoms with Gasteiger partial charge < -0.3 is 10.1 Å². The maximum Gasteiger partial charge on any atom is 0.348 e. The van der Waals surface area contributed by atoms with E-state index in [1.165, 1.54) is 13.0 Å². The molecule has 0 saturated heterocycles. The van der Waals surface area contributed by atoms with Gasteiger partial charge in [-0.15, -0.1) is 22.7 Å². The third-order valence-electron chi connectivity index (χ3n) is 2.84. The van der Waals surface area contributed by atoms with Crippen LogP contribution in [0.3, 0.4) is 0 Å². The highest BCUT2D eigenvalue weighted by atomic mass is 32.1. The molecule has 5 nitrogen and oxygen atoms in total. The maximum absolute atomic E-state index is 11.8. The van der Waals surface area contributed by atoms with Crippen molar-refractivity contribution in [2.45, 2.75) is 19.9 Å². The lowest BCUT2D eigenvalue weighted by Gasteiger charge is -2.12. The zero-order valence-corrected chi connectivity index (χ0v) is 13.8. The van der Waals surface area contributed by atoms with Gasteiger partial charge in [0.1, 0.15) is 4.88 Å². The van der Waals surface area contributed by atoms with Gasteiger partial charge in [0.25, 0.3) is 5.91 Å². The van der Waals surface area contributed by atoms with Crippen LogP contribution in [0.4, 0.5) is 0 Å². The quantitative estimate of drug-likeness (QED) is 0.649. The van der Waals surface area contributed by atoms with Crippen LogP contribution in [0.15, 0.2) is 29.6 Å². The van der Waals surface area contributed by atoms with Gasteiger partial charge in [0.2, 0.25) is 0 Å². The van der Waals surface area contributed by atoms with E-state index >= 15 is 0 Å². The molecule has 2 rings (SSSR count). The number of ketones is 1. The molecule has 7 heteroatoms. The second-order valence-corrected chi connectivity index (χ2v) is 6.66. The Morgan fingerprint density at radius 1 is 1.23 bits per heavy atom. The van der Waals surface area contributed by atoms with Crippen LogP contribution in [-0.4, -0.2) is 24.3 Å². The Balaban J connectivity index is 1.82. The molecule has 0 bridgehead atoms. The topological polar surface area (TPSA) is 72.5 Å². The Labute approximate surface area is 135 Å². The zero-order valence-electron chi connectivity index (χ0n) is 12.1. The molecule has 1 atom stereocenters. The number of carbonyl (C=O) groups is 3. The van der Waals surface area contributed by atoms with Crippen LogP contribution in [0.2, 0.25) is 0 Å². The summed E-state index contributed by atoms with van der Waals surface area (Å²) in [7, 11) is 0. The average Bonchev–Trinajstić information content (AvgIpc) is 3.15. The third-order valence-corrected chi connectivity index (χ3v) is 5.06. The highest BCUT2D eigenvalue weighted by molar-refractivity contribution is 7.15. The maximum atomic E-state index is 11.8. The van der Waals surface area contributed by atoms with Gasteiger partial charge >= 0.3 is 5.97 Å². The molecule has 0 aromatic carbocycles. The molecule has 0 fully saturated rings. The monoisotopic (exact) mass is 337 g/mol. The third kappa shape index (κ3) is 4.25. The predicted molar refractivity (Wildman–Crippen MR) is 85.5 cm³/mol. The molecular formula is C15H15NO4S2. The molecule has 2 aromatic rings. The molecule has 1 N–H and O–H groups in total. The van der Waals surface area contributed by atoms with E-state index in [9.17, 15) is 14.4 Å². The van der Waals surface area contributed by atoms with Gasteiger partial charge in [-0.1, -0.05) is 6.07 Å². The first kappa shape index (κ1) is 16.4. The van der Waals surface area contributed by atoms with Crippen molar-refractivity contribution in [3.63, 3.8) is 0 Å². The van der Waals surface area contributed by atoms with E-state index in [2.05, 4.69) is 5.32 Å². The lowest BCUT2D eigenvalue weighted by Crippen LogP contribution is -2.30. The van der Waals surface area contributed by atoms with Crippen LogP contribution in [0, 0.1) is 0 Å². The normalized spacial score (nSPS) is 11.7. The Kier molecular flexibility index (Phi) is 5.46. The molecule has 2 heterocycles. The summed E-state index contributed by atoms with van der Waals surface area (Å²) in [5.41, 5.74) is 0. The highest BCUT2D eigenvalue weighted by Crippen LogP contribution is 2.19. The molecule has 0 radical (unpaired) electrons. The summed E-state index contributed by atoms with van der Waals surface area (Å²) < 4.78 is 4.95. The molecule has 1 amide bonds. The number of Topliss-reactive ketones (excluding diaryl/α,β-unsaturated/α-hetero) is 1. The van der Waals surface area contributed by atoms with Crippen LogP contribution in [0.1, 0.15) is 44.1 Å². The van der Waals surface area contributed by atoms with Crippen LogP contribution in [0.25, 0.3) is 0 Å². The van der Waals surface area contributed by atoms with Crippen molar-refractivity contribution < 1.29 is 19.1 Å². The van der Waals surface area contributed by atoms with Gasteiger partial charge in [0.05, 0.1) is 10.9 Å². The first-order valence-electron chi connectivity index (χ1n) is 6.58. The Morgan fingerprint density at radius 2 is 1.95 bits per heavy atom. The van der Waals surface area contributed by atoms with Crippen molar-refractivity contribution in [3.8, 4) is 0 Å². The molecule has 1 unspecified atom stereocenters. The molecule has 0 aliphatic heterocycles. The second kappa shape index (κ2) is 7.33. The number of nitrogens with one attached hydrogen (secondary N) is 1. The summed E-state index contributed by atoms with van der Waals surface area (Å²) in [6.45, 7) is 2.95. The van der Waals surface area contributed by atoms with Crippen LogP contribution >= 0.6 is 22.7 Å². The summed E-state index contributed by atoms with van der Waals surface area (Å²) in [4.78, 5) is 36.6. The fraction of sp³-hybridized carbons (Fsp3) is 0.267. The van der Waals surface area contributed by atoms with E-state index in [-0.39, 0.29) is 24.3 Å². The molecule has 0 spiro atoms. The highest BCUT2D eigenvalue weighted by Gasteiger charge is 2.16. The largest absolute Gasteiger partial charge is 0.451 e. The van der Waals surface area contributed by atoms with Crippen LogP contribution in [0.5, 0.6) is 0 Å². The molecule has 0 aliphatic rings. The minimum Gasteiger partial charge on any atom is -0.451 e. The molecule has 22 heavy (non-hydrogen) atoms. The number of amides is 1. The SMILES string of the molecule is CC(=O)c1ccc(C(=O)OCC(=O)NC(C)c2cccs2)s1. The van der Waals surface area contributed by atoms with E-state index < -0.39 is 5.97 Å².